The average Bonchev–Trinajstić information content (AvgIpc) is 3.15. The number of carbonyl (C=O) groups is 2. The van der Waals surface area contributed by atoms with Gasteiger partial charge in [0.2, 0.25) is 21.8 Å². The van der Waals surface area contributed by atoms with Crippen LogP contribution in [0.15, 0.2) is 53.4 Å². The maximum atomic E-state index is 13.0. The van der Waals surface area contributed by atoms with E-state index in [1.807, 2.05) is 6.92 Å². The fraction of sp³-hybridized carbons (Fsp3) is 0.364. The van der Waals surface area contributed by atoms with E-state index in [1.54, 1.807) is 58.3 Å². The van der Waals surface area contributed by atoms with Crippen molar-refractivity contribution in [3.63, 3.8) is 0 Å². The van der Waals surface area contributed by atoms with Gasteiger partial charge in [-0.25, -0.2) is 8.42 Å². The van der Waals surface area contributed by atoms with Crippen molar-refractivity contribution >= 4 is 39.1 Å². The zero-order valence-corrected chi connectivity index (χ0v) is 18.8. The van der Waals surface area contributed by atoms with Gasteiger partial charge in [0.05, 0.1) is 21.5 Å². The van der Waals surface area contributed by atoms with Gasteiger partial charge in [-0.05, 0) is 31.2 Å². The van der Waals surface area contributed by atoms with Crippen LogP contribution < -0.4 is 4.90 Å². The highest BCUT2D eigenvalue weighted by molar-refractivity contribution is 7.89. The molecule has 0 N–H and O–H groups in total. The summed E-state index contributed by atoms with van der Waals surface area (Å²) in [5.41, 5.74) is 1.60. The van der Waals surface area contributed by atoms with E-state index in [2.05, 4.69) is 0 Å². The fourth-order valence-electron chi connectivity index (χ4n) is 4.04. The molecule has 1 unspecified atom stereocenters. The maximum absolute atomic E-state index is 13.0. The second kappa shape index (κ2) is 8.61. The van der Waals surface area contributed by atoms with Crippen LogP contribution in [0.3, 0.4) is 0 Å². The molecule has 2 amide bonds. The molecule has 2 aliphatic rings. The number of sulfonamides is 1. The molecule has 7 nitrogen and oxygen atoms in total. The number of benzene rings is 2. The van der Waals surface area contributed by atoms with Gasteiger partial charge in [0.1, 0.15) is 0 Å². The Bertz CT molecular complexity index is 1100. The van der Waals surface area contributed by atoms with Crippen molar-refractivity contribution in [2.75, 3.05) is 37.6 Å². The van der Waals surface area contributed by atoms with Crippen molar-refractivity contribution in [2.45, 2.75) is 18.2 Å². The second-order valence-electron chi connectivity index (χ2n) is 7.90. The lowest BCUT2D eigenvalue weighted by molar-refractivity contribution is -0.136. The Hall–Kier alpha value is -2.42. The standard InChI is InChI=1S/C22H24ClN3O4S/c1-16-6-8-18(9-7-16)31(29,30)25-12-10-24(11-13-25)22(28)17-14-21(27)26(15-17)20-5-3-2-4-19(20)23/h2-9,17H,10-15H2,1H3. The van der Waals surface area contributed by atoms with E-state index < -0.39 is 15.9 Å². The number of hydrogen-bond acceptors (Lipinski definition) is 4. The highest BCUT2D eigenvalue weighted by Gasteiger charge is 2.39. The van der Waals surface area contributed by atoms with Gasteiger partial charge in [0.15, 0.2) is 0 Å². The molecule has 4 rings (SSSR count). The Morgan fingerprint density at radius 3 is 2.29 bits per heavy atom. The predicted molar refractivity (Wildman–Crippen MR) is 118 cm³/mol. The number of halogens is 1. The molecule has 2 heterocycles. The minimum absolute atomic E-state index is 0.115. The van der Waals surface area contributed by atoms with Gasteiger partial charge in [0.25, 0.3) is 0 Å². The molecule has 0 aliphatic carbocycles. The van der Waals surface area contributed by atoms with Gasteiger partial charge in [0, 0.05) is 39.1 Å². The van der Waals surface area contributed by atoms with E-state index in [1.165, 1.54) is 4.31 Å². The van der Waals surface area contributed by atoms with Crippen LogP contribution in [0.4, 0.5) is 5.69 Å². The van der Waals surface area contributed by atoms with E-state index in [-0.39, 0.29) is 42.8 Å². The molecule has 0 bridgehead atoms. The van der Waals surface area contributed by atoms with Gasteiger partial charge >= 0.3 is 0 Å². The van der Waals surface area contributed by atoms with Crippen LogP contribution in [0.25, 0.3) is 0 Å². The number of hydrogen-bond donors (Lipinski definition) is 0. The van der Waals surface area contributed by atoms with Gasteiger partial charge in [-0.3, -0.25) is 9.59 Å². The van der Waals surface area contributed by atoms with Gasteiger partial charge in [-0.15, -0.1) is 0 Å². The summed E-state index contributed by atoms with van der Waals surface area (Å²) in [6.45, 7) is 3.26. The normalized spacial score (nSPS) is 20.3. The largest absolute Gasteiger partial charge is 0.340 e. The molecule has 2 aromatic carbocycles. The van der Waals surface area contributed by atoms with Crippen molar-refractivity contribution in [1.29, 1.82) is 0 Å². The number of aryl methyl sites for hydroxylation is 1. The number of amides is 2. The molecule has 0 radical (unpaired) electrons. The van der Waals surface area contributed by atoms with Crippen LogP contribution in [-0.2, 0) is 19.6 Å². The summed E-state index contributed by atoms with van der Waals surface area (Å²) >= 11 is 6.21. The van der Waals surface area contributed by atoms with Crippen molar-refractivity contribution < 1.29 is 18.0 Å². The average molecular weight is 462 g/mol. The predicted octanol–water partition coefficient (Wildman–Crippen LogP) is 2.53. The van der Waals surface area contributed by atoms with E-state index in [9.17, 15) is 18.0 Å². The van der Waals surface area contributed by atoms with Crippen molar-refractivity contribution in [3.05, 3.63) is 59.1 Å². The third kappa shape index (κ3) is 4.33. The first-order valence-electron chi connectivity index (χ1n) is 10.2. The fourth-order valence-corrected chi connectivity index (χ4v) is 5.70. The van der Waals surface area contributed by atoms with Gasteiger partial charge in [-0.1, -0.05) is 41.4 Å². The van der Waals surface area contributed by atoms with Crippen molar-refractivity contribution in [1.82, 2.24) is 9.21 Å². The Morgan fingerprint density at radius 1 is 1.00 bits per heavy atom. The van der Waals surface area contributed by atoms with Crippen molar-refractivity contribution in [3.8, 4) is 0 Å². The highest BCUT2D eigenvalue weighted by atomic mass is 35.5. The van der Waals surface area contributed by atoms with Crippen LogP contribution in [0.2, 0.25) is 5.02 Å². The lowest BCUT2D eigenvalue weighted by Gasteiger charge is -2.35. The third-order valence-corrected chi connectivity index (χ3v) is 8.06. The molecule has 2 fully saturated rings. The molecule has 9 heteroatoms. The lowest BCUT2D eigenvalue weighted by atomic mass is 10.1. The number of para-hydroxylation sites is 1. The molecule has 0 aromatic heterocycles. The Morgan fingerprint density at radius 2 is 1.65 bits per heavy atom. The summed E-state index contributed by atoms with van der Waals surface area (Å²) in [5, 5.41) is 0.471. The van der Waals surface area contributed by atoms with Crippen LogP contribution in [0.1, 0.15) is 12.0 Å². The zero-order valence-electron chi connectivity index (χ0n) is 17.2. The van der Waals surface area contributed by atoms with Crippen LogP contribution in [0, 0.1) is 12.8 Å². The minimum Gasteiger partial charge on any atom is -0.340 e. The summed E-state index contributed by atoms with van der Waals surface area (Å²) in [5.74, 6) is -0.702. The first-order chi connectivity index (χ1) is 14.8. The topological polar surface area (TPSA) is 78.0 Å². The summed E-state index contributed by atoms with van der Waals surface area (Å²) < 4.78 is 27.1. The van der Waals surface area contributed by atoms with Crippen molar-refractivity contribution in [2.24, 2.45) is 5.92 Å². The van der Waals surface area contributed by atoms with E-state index in [4.69, 9.17) is 11.6 Å². The molecule has 2 aliphatic heterocycles. The Labute approximate surface area is 187 Å². The summed E-state index contributed by atoms with van der Waals surface area (Å²) in [6.07, 6.45) is 0.131. The molecule has 1 atom stereocenters. The van der Waals surface area contributed by atoms with E-state index >= 15 is 0 Å². The Balaban J connectivity index is 1.39. The lowest BCUT2D eigenvalue weighted by Crippen LogP contribution is -2.52. The van der Waals surface area contributed by atoms with E-state index in [0.29, 0.717) is 23.8 Å². The quantitative estimate of drug-likeness (QED) is 0.701. The SMILES string of the molecule is Cc1ccc(S(=O)(=O)N2CCN(C(=O)C3CC(=O)N(c4ccccc4Cl)C3)CC2)cc1. The number of anilines is 1. The number of nitrogens with zero attached hydrogens (tertiary/aromatic N) is 3. The van der Waals surface area contributed by atoms with E-state index in [0.717, 1.165) is 5.56 Å². The van der Waals surface area contributed by atoms with Crippen LogP contribution >= 0.6 is 11.6 Å². The summed E-state index contributed by atoms with van der Waals surface area (Å²) in [7, 11) is -3.59. The molecular formula is C22H24ClN3O4S. The van der Waals surface area contributed by atoms with Gasteiger partial charge < -0.3 is 9.80 Å². The number of carbonyl (C=O) groups excluding carboxylic acids is 2. The smallest absolute Gasteiger partial charge is 0.243 e. The van der Waals surface area contributed by atoms with Crippen LogP contribution in [-0.4, -0.2) is 62.2 Å². The molecule has 0 spiro atoms. The molecule has 31 heavy (non-hydrogen) atoms. The summed E-state index contributed by atoms with van der Waals surface area (Å²) in [6, 6.07) is 13.8. The Kier molecular flexibility index (Phi) is 6.05. The first-order valence-corrected chi connectivity index (χ1v) is 12.0. The minimum atomic E-state index is -3.59. The monoisotopic (exact) mass is 461 g/mol. The second-order valence-corrected chi connectivity index (χ2v) is 10.2. The zero-order chi connectivity index (χ0) is 22.2. The number of rotatable bonds is 4. The molecule has 2 aromatic rings. The summed E-state index contributed by atoms with van der Waals surface area (Å²) in [4.78, 5) is 29.0. The highest BCUT2D eigenvalue weighted by Crippen LogP contribution is 2.32. The van der Waals surface area contributed by atoms with Gasteiger partial charge in [-0.2, -0.15) is 4.31 Å². The first kappa shape index (κ1) is 21.8. The molecule has 0 saturated carbocycles. The molecule has 2 saturated heterocycles. The third-order valence-electron chi connectivity index (χ3n) is 5.83. The van der Waals surface area contributed by atoms with Crippen LogP contribution in [0.5, 0.6) is 0 Å². The number of piperazine rings is 1. The maximum Gasteiger partial charge on any atom is 0.243 e. The molecule has 164 valence electrons. The molecular weight excluding hydrogens is 438 g/mol.